The fourth-order valence-electron chi connectivity index (χ4n) is 2.64. The highest BCUT2D eigenvalue weighted by Gasteiger charge is 2.32. The first-order chi connectivity index (χ1) is 11.5. The Morgan fingerprint density at radius 3 is 2.67 bits per heavy atom. The lowest BCUT2D eigenvalue weighted by atomic mass is 10.0. The van der Waals surface area contributed by atoms with E-state index in [1.807, 2.05) is 30.3 Å². The normalized spacial score (nSPS) is 21.2. The SMILES string of the molecule is O=C(O)CCC(Cc1ccccc1)NC(=O)NCC1(O)CCSC1. The Morgan fingerprint density at radius 2 is 2.04 bits per heavy atom. The quantitative estimate of drug-likeness (QED) is 0.570. The number of hydrogen-bond donors (Lipinski definition) is 4. The average molecular weight is 352 g/mol. The van der Waals surface area contributed by atoms with Gasteiger partial charge in [-0.3, -0.25) is 4.79 Å². The van der Waals surface area contributed by atoms with Gasteiger partial charge in [-0.2, -0.15) is 11.8 Å². The van der Waals surface area contributed by atoms with Gasteiger partial charge in [-0.15, -0.1) is 0 Å². The third kappa shape index (κ3) is 6.41. The van der Waals surface area contributed by atoms with E-state index in [9.17, 15) is 14.7 Å². The fourth-order valence-corrected chi connectivity index (χ4v) is 3.93. The van der Waals surface area contributed by atoms with E-state index in [4.69, 9.17) is 5.11 Å². The molecule has 2 rings (SSSR count). The minimum atomic E-state index is -0.882. The van der Waals surface area contributed by atoms with Crippen molar-refractivity contribution in [3.05, 3.63) is 35.9 Å². The van der Waals surface area contributed by atoms with Gasteiger partial charge in [0, 0.05) is 24.8 Å². The molecule has 0 radical (unpaired) electrons. The molecular weight excluding hydrogens is 328 g/mol. The molecule has 2 atom stereocenters. The molecule has 7 heteroatoms. The zero-order valence-corrected chi connectivity index (χ0v) is 14.3. The Bertz CT molecular complexity index is 547. The van der Waals surface area contributed by atoms with Crippen LogP contribution in [0.1, 0.15) is 24.8 Å². The number of thioether (sulfide) groups is 1. The molecule has 0 bridgehead atoms. The van der Waals surface area contributed by atoms with Crippen LogP contribution in [0.2, 0.25) is 0 Å². The van der Waals surface area contributed by atoms with Crippen LogP contribution >= 0.6 is 11.8 Å². The molecule has 1 aliphatic heterocycles. The molecule has 1 aromatic carbocycles. The molecule has 1 aromatic rings. The number of carbonyl (C=O) groups excluding carboxylic acids is 1. The first kappa shape index (κ1) is 18.6. The molecule has 0 aliphatic carbocycles. The van der Waals surface area contributed by atoms with Crippen molar-refractivity contribution >= 4 is 23.8 Å². The number of carbonyl (C=O) groups is 2. The first-order valence-electron chi connectivity index (χ1n) is 8.07. The molecular formula is C17H24N2O4S. The van der Waals surface area contributed by atoms with Crippen molar-refractivity contribution < 1.29 is 19.8 Å². The highest BCUT2D eigenvalue weighted by Crippen LogP contribution is 2.26. The van der Waals surface area contributed by atoms with Crippen LogP contribution < -0.4 is 10.6 Å². The van der Waals surface area contributed by atoms with E-state index in [1.54, 1.807) is 11.8 Å². The van der Waals surface area contributed by atoms with Crippen LogP contribution in [-0.4, -0.2) is 51.9 Å². The average Bonchev–Trinajstić information content (AvgIpc) is 2.99. The van der Waals surface area contributed by atoms with Crippen molar-refractivity contribution in [2.75, 3.05) is 18.1 Å². The molecule has 1 heterocycles. The lowest BCUT2D eigenvalue weighted by Crippen LogP contribution is -2.49. The van der Waals surface area contributed by atoms with Gasteiger partial charge in [-0.25, -0.2) is 4.79 Å². The number of aliphatic hydroxyl groups is 1. The maximum absolute atomic E-state index is 12.1. The summed E-state index contributed by atoms with van der Waals surface area (Å²) in [6.45, 7) is 0.211. The van der Waals surface area contributed by atoms with Crippen LogP contribution in [0, 0.1) is 0 Å². The highest BCUT2D eigenvalue weighted by atomic mass is 32.2. The Morgan fingerprint density at radius 1 is 1.29 bits per heavy atom. The number of benzene rings is 1. The number of carboxylic acid groups (broad SMARTS) is 1. The Kier molecular flexibility index (Phi) is 6.93. The van der Waals surface area contributed by atoms with E-state index in [-0.39, 0.29) is 25.0 Å². The third-order valence-electron chi connectivity index (χ3n) is 4.03. The van der Waals surface area contributed by atoms with E-state index in [0.717, 1.165) is 11.3 Å². The number of urea groups is 1. The van der Waals surface area contributed by atoms with Crippen LogP contribution in [0.3, 0.4) is 0 Å². The lowest BCUT2D eigenvalue weighted by molar-refractivity contribution is -0.137. The third-order valence-corrected chi connectivity index (χ3v) is 5.26. The number of carboxylic acids is 1. The summed E-state index contributed by atoms with van der Waals surface area (Å²) in [6, 6.07) is 9.00. The van der Waals surface area contributed by atoms with Crippen LogP contribution in [0.4, 0.5) is 4.79 Å². The summed E-state index contributed by atoms with van der Waals surface area (Å²) >= 11 is 1.67. The van der Waals surface area contributed by atoms with E-state index >= 15 is 0 Å². The van der Waals surface area contributed by atoms with Crippen LogP contribution in [0.5, 0.6) is 0 Å². The van der Waals surface area contributed by atoms with Gasteiger partial charge in [0.25, 0.3) is 0 Å². The summed E-state index contributed by atoms with van der Waals surface area (Å²) in [6.07, 6.45) is 1.60. The van der Waals surface area contributed by atoms with Crippen molar-refractivity contribution in [3.63, 3.8) is 0 Å². The summed E-state index contributed by atoms with van der Waals surface area (Å²) in [4.78, 5) is 22.9. The van der Waals surface area contributed by atoms with Gasteiger partial charge in [-0.05, 0) is 30.6 Å². The molecule has 0 aromatic heterocycles. The molecule has 1 fully saturated rings. The second-order valence-electron chi connectivity index (χ2n) is 6.17. The molecule has 1 saturated heterocycles. The summed E-state index contributed by atoms with van der Waals surface area (Å²) in [7, 11) is 0. The van der Waals surface area contributed by atoms with Gasteiger partial charge >= 0.3 is 12.0 Å². The standard InChI is InChI=1S/C17H24N2O4S/c20-15(21)7-6-14(10-13-4-2-1-3-5-13)19-16(22)18-11-17(23)8-9-24-12-17/h1-5,14,23H,6-12H2,(H,20,21)(H2,18,19,22). The lowest BCUT2D eigenvalue weighted by Gasteiger charge is -2.23. The molecule has 24 heavy (non-hydrogen) atoms. The largest absolute Gasteiger partial charge is 0.481 e. The summed E-state index contributed by atoms with van der Waals surface area (Å²) in [5, 5.41) is 24.7. The van der Waals surface area contributed by atoms with Gasteiger partial charge in [0.1, 0.15) is 0 Å². The maximum Gasteiger partial charge on any atom is 0.315 e. The fraction of sp³-hybridized carbons (Fsp3) is 0.529. The zero-order valence-electron chi connectivity index (χ0n) is 13.5. The summed E-state index contributed by atoms with van der Waals surface area (Å²) in [5.74, 6) is 0.641. The number of aliphatic carboxylic acids is 1. The molecule has 132 valence electrons. The second-order valence-corrected chi connectivity index (χ2v) is 7.28. The second kappa shape index (κ2) is 8.94. The molecule has 0 saturated carbocycles. The first-order valence-corrected chi connectivity index (χ1v) is 9.22. The van der Waals surface area contributed by atoms with E-state index in [1.165, 1.54) is 0 Å². The van der Waals surface area contributed by atoms with Crippen molar-refractivity contribution in [3.8, 4) is 0 Å². The van der Waals surface area contributed by atoms with Crippen LogP contribution in [0.25, 0.3) is 0 Å². The van der Waals surface area contributed by atoms with E-state index < -0.39 is 11.6 Å². The number of hydrogen-bond acceptors (Lipinski definition) is 4. The van der Waals surface area contributed by atoms with Gasteiger partial charge in [0.05, 0.1) is 5.60 Å². The van der Waals surface area contributed by atoms with Crippen molar-refractivity contribution in [1.29, 1.82) is 0 Å². The van der Waals surface area contributed by atoms with Gasteiger partial charge < -0.3 is 20.8 Å². The smallest absolute Gasteiger partial charge is 0.315 e. The Balaban J connectivity index is 1.86. The molecule has 6 nitrogen and oxygen atoms in total. The highest BCUT2D eigenvalue weighted by molar-refractivity contribution is 7.99. The van der Waals surface area contributed by atoms with Gasteiger partial charge in [-0.1, -0.05) is 30.3 Å². The minimum absolute atomic E-state index is 0.00163. The van der Waals surface area contributed by atoms with Gasteiger partial charge in [0.15, 0.2) is 0 Å². The monoisotopic (exact) mass is 352 g/mol. The van der Waals surface area contributed by atoms with E-state index in [0.29, 0.717) is 25.0 Å². The molecule has 0 spiro atoms. The van der Waals surface area contributed by atoms with Gasteiger partial charge in [0.2, 0.25) is 0 Å². The molecule has 2 amide bonds. The van der Waals surface area contributed by atoms with E-state index in [2.05, 4.69) is 10.6 Å². The van der Waals surface area contributed by atoms with Crippen molar-refractivity contribution in [1.82, 2.24) is 10.6 Å². The Hall–Kier alpha value is -1.73. The number of nitrogens with one attached hydrogen (secondary N) is 2. The molecule has 2 unspecified atom stereocenters. The minimum Gasteiger partial charge on any atom is -0.481 e. The van der Waals surface area contributed by atoms with Crippen LogP contribution in [0.15, 0.2) is 30.3 Å². The predicted molar refractivity (Wildman–Crippen MR) is 94.2 cm³/mol. The van der Waals surface area contributed by atoms with Crippen molar-refractivity contribution in [2.24, 2.45) is 0 Å². The van der Waals surface area contributed by atoms with Crippen LogP contribution in [-0.2, 0) is 11.2 Å². The summed E-state index contributed by atoms with van der Waals surface area (Å²) in [5.41, 5.74) is 0.205. The molecule has 4 N–H and O–H groups in total. The zero-order chi connectivity index (χ0) is 17.4. The summed E-state index contributed by atoms with van der Waals surface area (Å²) < 4.78 is 0. The number of rotatable bonds is 8. The number of amides is 2. The topological polar surface area (TPSA) is 98.7 Å². The Labute approximate surface area is 146 Å². The maximum atomic E-state index is 12.1. The molecule has 1 aliphatic rings. The predicted octanol–water partition coefficient (Wildman–Crippen LogP) is 1.63. The van der Waals surface area contributed by atoms with Crippen molar-refractivity contribution in [2.45, 2.75) is 37.3 Å².